The summed E-state index contributed by atoms with van der Waals surface area (Å²) in [5.41, 5.74) is 4.23. The Morgan fingerprint density at radius 1 is 1.07 bits per heavy atom. The highest BCUT2D eigenvalue weighted by Crippen LogP contribution is 2.47. The SMILES string of the molecule is COc1ccc(Cl)cc1[C@@H]1C(C(=O)OC(C)C)=C(C)N=c2s/c(=C\c3ccc4c(c3)Sc3ccccc3N4C)c(=O)n21. The van der Waals surface area contributed by atoms with E-state index in [2.05, 4.69) is 36.2 Å². The Kier molecular flexibility index (Phi) is 7.51. The number of anilines is 2. The summed E-state index contributed by atoms with van der Waals surface area (Å²) in [5.74, 6) is -0.0386. The van der Waals surface area contributed by atoms with Crippen molar-refractivity contribution in [2.24, 2.45) is 4.99 Å². The van der Waals surface area contributed by atoms with Crippen LogP contribution >= 0.6 is 34.7 Å². The number of rotatable bonds is 5. The maximum Gasteiger partial charge on any atom is 0.338 e. The molecule has 7 nitrogen and oxygen atoms in total. The van der Waals surface area contributed by atoms with E-state index >= 15 is 0 Å². The molecule has 0 amide bonds. The second kappa shape index (κ2) is 11.1. The Bertz CT molecular complexity index is 1960. The molecule has 0 bridgehead atoms. The van der Waals surface area contributed by atoms with Crippen LogP contribution in [0, 0.1) is 0 Å². The summed E-state index contributed by atoms with van der Waals surface area (Å²) in [4.78, 5) is 37.2. The summed E-state index contributed by atoms with van der Waals surface area (Å²) in [6.07, 6.45) is 1.53. The normalized spacial score (nSPS) is 16.1. The van der Waals surface area contributed by atoms with Crippen molar-refractivity contribution in [1.82, 2.24) is 4.57 Å². The van der Waals surface area contributed by atoms with E-state index in [1.54, 1.807) is 62.4 Å². The topological polar surface area (TPSA) is 73.1 Å². The first-order chi connectivity index (χ1) is 20.2. The molecule has 0 spiro atoms. The van der Waals surface area contributed by atoms with E-state index in [0.717, 1.165) is 21.8 Å². The lowest BCUT2D eigenvalue weighted by atomic mass is 9.95. The van der Waals surface area contributed by atoms with Crippen LogP contribution in [0.5, 0.6) is 5.75 Å². The summed E-state index contributed by atoms with van der Waals surface area (Å²) in [6, 6.07) is 18.8. The highest BCUT2D eigenvalue weighted by molar-refractivity contribution is 7.99. The highest BCUT2D eigenvalue weighted by Gasteiger charge is 2.35. The molecular weight excluding hydrogens is 590 g/mol. The molecule has 0 unspecified atom stereocenters. The lowest BCUT2D eigenvalue weighted by molar-refractivity contribution is -0.143. The Morgan fingerprint density at radius 2 is 1.83 bits per heavy atom. The van der Waals surface area contributed by atoms with Crippen molar-refractivity contribution in [3.63, 3.8) is 0 Å². The third-order valence-electron chi connectivity index (χ3n) is 7.16. The van der Waals surface area contributed by atoms with Crippen LogP contribution in [-0.4, -0.2) is 30.8 Å². The van der Waals surface area contributed by atoms with Gasteiger partial charge < -0.3 is 14.4 Å². The molecule has 6 rings (SSSR count). The largest absolute Gasteiger partial charge is 0.496 e. The zero-order chi connectivity index (χ0) is 29.7. The number of para-hydroxylation sites is 1. The minimum atomic E-state index is -0.826. The number of thiazole rings is 1. The Morgan fingerprint density at radius 3 is 2.60 bits per heavy atom. The Balaban J connectivity index is 1.50. The van der Waals surface area contributed by atoms with Gasteiger partial charge in [-0.15, -0.1) is 0 Å². The van der Waals surface area contributed by atoms with Crippen molar-refractivity contribution in [2.45, 2.75) is 42.7 Å². The number of methoxy groups -OCH3 is 1. The van der Waals surface area contributed by atoms with Gasteiger partial charge in [-0.1, -0.05) is 52.9 Å². The Labute approximate surface area is 256 Å². The number of carbonyl (C=O) groups is 1. The summed E-state index contributed by atoms with van der Waals surface area (Å²) < 4.78 is 13.3. The van der Waals surface area contributed by atoms with Crippen LogP contribution in [-0.2, 0) is 9.53 Å². The molecule has 3 aromatic carbocycles. The average Bonchev–Trinajstić information content (AvgIpc) is 3.25. The summed E-state index contributed by atoms with van der Waals surface area (Å²) in [7, 11) is 3.60. The number of nitrogens with zero attached hydrogens (tertiary/aromatic N) is 3. The van der Waals surface area contributed by atoms with E-state index in [9.17, 15) is 9.59 Å². The monoisotopic (exact) mass is 617 g/mol. The van der Waals surface area contributed by atoms with E-state index in [0.29, 0.717) is 31.4 Å². The van der Waals surface area contributed by atoms with E-state index in [1.165, 1.54) is 16.2 Å². The molecule has 1 atom stereocenters. The van der Waals surface area contributed by atoms with Crippen LogP contribution in [0.25, 0.3) is 6.08 Å². The zero-order valence-electron chi connectivity index (χ0n) is 23.7. The van der Waals surface area contributed by atoms with E-state index < -0.39 is 12.0 Å². The number of hydrogen-bond donors (Lipinski definition) is 0. The zero-order valence-corrected chi connectivity index (χ0v) is 26.1. The van der Waals surface area contributed by atoms with Crippen LogP contribution < -0.4 is 24.5 Å². The van der Waals surface area contributed by atoms with Gasteiger partial charge in [0.15, 0.2) is 4.80 Å². The van der Waals surface area contributed by atoms with Crippen molar-refractivity contribution in [3.8, 4) is 5.75 Å². The van der Waals surface area contributed by atoms with Crippen LogP contribution in [0.3, 0.4) is 0 Å². The smallest absolute Gasteiger partial charge is 0.338 e. The minimum Gasteiger partial charge on any atom is -0.496 e. The number of aromatic nitrogens is 1. The van der Waals surface area contributed by atoms with Gasteiger partial charge in [-0.3, -0.25) is 9.36 Å². The highest BCUT2D eigenvalue weighted by atomic mass is 35.5. The molecule has 0 fully saturated rings. The van der Waals surface area contributed by atoms with Gasteiger partial charge in [0, 0.05) is 27.4 Å². The van der Waals surface area contributed by atoms with Crippen LogP contribution in [0.1, 0.15) is 37.9 Å². The molecule has 0 saturated carbocycles. The summed E-state index contributed by atoms with van der Waals surface area (Å²) in [5, 5.41) is 0.456. The predicted molar refractivity (Wildman–Crippen MR) is 168 cm³/mol. The summed E-state index contributed by atoms with van der Waals surface area (Å²) >= 11 is 9.40. The molecule has 0 aliphatic carbocycles. The lowest BCUT2D eigenvalue weighted by Crippen LogP contribution is -2.40. The van der Waals surface area contributed by atoms with Gasteiger partial charge in [-0.25, -0.2) is 9.79 Å². The average molecular weight is 618 g/mol. The van der Waals surface area contributed by atoms with Gasteiger partial charge in [-0.05, 0) is 74.9 Å². The Hall–Kier alpha value is -3.79. The predicted octanol–water partition coefficient (Wildman–Crippen LogP) is 6.08. The number of hydrogen-bond acceptors (Lipinski definition) is 8. The van der Waals surface area contributed by atoms with Gasteiger partial charge >= 0.3 is 5.97 Å². The first-order valence-corrected chi connectivity index (χ1v) is 15.4. The first kappa shape index (κ1) is 28.3. The second-order valence-corrected chi connectivity index (χ2v) is 12.8. The molecular formula is C32H28ClN3O4S2. The van der Waals surface area contributed by atoms with Crippen LogP contribution in [0.2, 0.25) is 5.02 Å². The molecule has 4 aromatic rings. The maximum atomic E-state index is 14.1. The fourth-order valence-corrected chi connectivity index (χ4v) is 7.70. The van der Waals surface area contributed by atoms with Gasteiger partial charge in [0.25, 0.3) is 5.56 Å². The molecule has 0 saturated heterocycles. The third kappa shape index (κ3) is 4.95. The van der Waals surface area contributed by atoms with E-state index in [4.69, 9.17) is 26.1 Å². The number of ether oxygens (including phenoxy) is 2. The van der Waals surface area contributed by atoms with Crippen LogP contribution in [0.4, 0.5) is 11.4 Å². The summed E-state index contributed by atoms with van der Waals surface area (Å²) in [6.45, 7) is 5.32. The molecule has 0 radical (unpaired) electrons. The van der Waals surface area contributed by atoms with E-state index in [1.807, 2.05) is 24.3 Å². The molecule has 2 aliphatic heterocycles. The van der Waals surface area contributed by atoms with Crippen molar-refractivity contribution >= 4 is 58.1 Å². The molecule has 0 N–H and O–H groups in total. The van der Waals surface area contributed by atoms with Crippen molar-refractivity contribution in [1.29, 1.82) is 0 Å². The van der Waals surface area contributed by atoms with E-state index in [-0.39, 0.29) is 17.2 Å². The lowest BCUT2D eigenvalue weighted by Gasteiger charge is -2.29. The molecule has 10 heteroatoms. The molecule has 3 heterocycles. The van der Waals surface area contributed by atoms with Gasteiger partial charge in [0.05, 0.1) is 40.4 Å². The van der Waals surface area contributed by atoms with Gasteiger partial charge in [0.1, 0.15) is 11.8 Å². The molecule has 42 heavy (non-hydrogen) atoms. The first-order valence-electron chi connectivity index (χ1n) is 13.4. The fourth-order valence-electron chi connectivity index (χ4n) is 5.27. The third-order valence-corrected chi connectivity index (χ3v) is 9.49. The van der Waals surface area contributed by atoms with Crippen molar-refractivity contribution < 1.29 is 14.3 Å². The number of esters is 1. The second-order valence-electron chi connectivity index (χ2n) is 10.3. The molecule has 214 valence electrons. The number of fused-ring (bicyclic) bond motifs is 3. The van der Waals surface area contributed by atoms with Crippen molar-refractivity contribution in [3.05, 3.63) is 108 Å². The maximum absolute atomic E-state index is 14.1. The number of benzene rings is 3. The standard InChI is InChI=1S/C32H28ClN3O4S2/c1-17(2)40-31(38)28-18(3)34-32-36(29(28)21-16-20(33)11-13-24(21)39-5)30(37)27(42-32)15-19-10-12-23-26(14-19)41-25-9-7-6-8-22(25)35(23)4/h6-17,29H,1-5H3/b27-15-/t29-/m1/s1. The number of carbonyl (C=O) groups excluding carboxylic acids is 1. The molecule has 2 aliphatic rings. The minimum absolute atomic E-state index is 0.263. The number of halogens is 1. The molecule has 1 aromatic heterocycles. The number of allylic oxidation sites excluding steroid dienone is 1. The quantitative estimate of drug-likeness (QED) is 0.253. The fraction of sp³-hybridized carbons (Fsp3) is 0.219. The van der Waals surface area contributed by atoms with Crippen molar-refractivity contribution in [2.75, 3.05) is 19.1 Å². The van der Waals surface area contributed by atoms with Gasteiger partial charge in [0.2, 0.25) is 0 Å². The van der Waals surface area contributed by atoms with Crippen LogP contribution in [0.15, 0.2) is 91.5 Å². The van der Waals surface area contributed by atoms with Gasteiger partial charge in [-0.2, -0.15) is 0 Å².